The van der Waals surface area contributed by atoms with E-state index in [0.29, 0.717) is 11.4 Å². The van der Waals surface area contributed by atoms with E-state index < -0.39 is 6.10 Å². The van der Waals surface area contributed by atoms with Gasteiger partial charge in [-0.25, -0.2) is 0 Å². The number of carbonyl (C=O) groups excluding carboxylic acids is 2. The number of likely N-dealkylation sites (tertiary alicyclic amines) is 1. The molecule has 27 heavy (non-hydrogen) atoms. The Kier molecular flexibility index (Phi) is 5.25. The number of fused-ring (bicyclic) bond motifs is 1. The molecule has 1 fully saturated rings. The molecule has 140 valence electrons. The number of anilines is 1. The Labute approximate surface area is 162 Å². The average Bonchev–Trinajstić information content (AvgIpc) is 3.25. The highest BCUT2D eigenvalue weighted by atomic mass is 32.1. The maximum atomic E-state index is 12.9. The molecule has 0 spiro atoms. The Hall–Kier alpha value is -2.60. The second kappa shape index (κ2) is 7.96. The largest absolute Gasteiger partial charge is 0.476 e. The molecule has 0 aliphatic carbocycles. The lowest BCUT2D eigenvalue weighted by atomic mass is 10.1. The zero-order chi connectivity index (χ0) is 18.6. The van der Waals surface area contributed by atoms with Gasteiger partial charge in [-0.05, 0) is 59.9 Å². The summed E-state index contributed by atoms with van der Waals surface area (Å²) in [6.07, 6.45) is 5.93. The maximum Gasteiger partial charge on any atom is 0.265 e. The molecule has 4 rings (SSSR count). The number of nitrogens with zero attached hydrogens (tertiary/aromatic N) is 2. The van der Waals surface area contributed by atoms with Crippen LogP contribution in [0.1, 0.15) is 24.8 Å². The van der Waals surface area contributed by atoms with E-state index in [1.54, 1.807) is 28.4 Å². The van der Waals surface area contributed by atoms with E-state index in [1.165, 1.54) is 0 Å². The monoisotopic (exact) mass is 382 g/mol. The summed E-state index contributed by atoms with van der Waals surface area (Å²) in [6, 6.07) is 9.36. The molecule has 0 N–H and O–H groups in total. The SMILES string of the molecule is O=C([C@H]1CN(C(=O)/C=C/c2ccsc2)c2ccccc2O1)N1CCCCC1. The Morgan fingerprint density at radius 2 is 1.93 bits per heavy atom. The van der Waals surface area contributed by atoms with Gasteiger partial charge in [-0.1, -0.05) is 12.1 Å². The first-order valence-corrected chi connectivity index (χ1v) is 10.2. The van der Waals surface area contributed by atoms with Gasteiger partial charge in [0, 0.05) is 19.2 Å². The standard InChI is InChI=1S/C21H22N2O3S/c24-20(9-8-16-10-13-27-15-16)23-14-19(21(25)22-11-4-1-5-12-22)26-18-7-3-2-6-17(18)23/h2-3,6-10,13,15,19H,1,4-5,11-12,14H2/b9-8+/t19-/m1/s1. The van der Waals surface area contributed by atoms with Crippen LogP contribution in [0, 0.1) is 0 Å². The van der Waals surface area contributed by atoms with E-state index in [9.17, 15) is 9.59 Å². The summed E-state index contributed by atoms with van der Waals surface area (Å²) in [4.78, 5) is 29.3. The normalized spacial score (nSPS) is 19.6. The summed E-state index contributed by atoms with van der Waals surface area (Å²) in [7, 11) is 0. The molecule has 5 nitrogen and oxygen atoms in total. The van der Waals surface area contributed by atoms with Crippen LogP contribution in [0.15, 0.2) is 47.2 Å². The predicted molar refractivity (Wildman–Crippen MR) is 107 cm³/mol. The summed E-state index contributed by atoms with van der Waals surface area (Å²) >= 11 is 1.59. The molecule has 0 radical (unpaired) electrons. The van der Waals surface area contributed by atoms with Gasteiger partial charge >= 0.3 is 0 Å². The first kappa shape index (κ1) is 17.8. The number of rotatable bonds is 3. The fraction of sp³-hybridized carbons (Fsp3) is 0.333. The molecule has 6 heteroatoms. The number of amides is 2. The topological polar surface area (TPSA) is 49.9 Å². The summed E-state index contributed by atoms with van der Waals surface area (Å²) < 4.78 is 5.97. The Balaban J connectivity index is 1.56. The first-order valence-electron chi connectivity index (χ1n) is 9.28. The lowest BCUT2D eigenvalue weighted by molar-refractivity contribution is -0.139. The van der Waals surface area contributed by atoms with Gasteiger partial charge in [0.1, 0.15) is 5.75 Å². The van der Waals surface area contributed by atoms with Crippen molar-refractivity contribution in [2.24, 2.45) is 0 Å². The molecule has 0 unspecified atom stereocenters. The number of piperidine rings is 1. The van der Waals surface area contributed by atoms with Crippen molar-refractivity contribution in [3.05, 3.63) is 52.7 Å². The molecular formula is C21H22N2O3S. The number of benzene rings is 1. The summed E-state index contributed by atoms with van der Waals surface area (Å²) in [5.41, 5.74) is 1.70. The van der Waals surface area contributed by atoms with Crippen molar-refractivity contribution < 1.29 is 14.3 Å². The molecule has 2 amide bonds. The van der Waals surface area contributed by atoms with E-state index in [0.717, 1.165) is 37.9 Å². The zero-order valence-electron chi connectivity index (χ0n) is 15.0. The third-order valence-electron chi connectivity index (χ3n) is 4.94. The number of hydrogen-bond donors (Lipinski definition) is 0. The highest BCUT2D eigenvalue weighted by Crippen LogP contribution is 2.34. The van der Waals surface area contributed by atoms with Crippen LogP contribution in [-0.2, 0) is 9.59 Å². The molecule has 0 saturated carbocycles. The number of thiophene rings is 1. The van der Waals surface area contributed by atoms with Crippen molar-refractivity contribution in [2.45, 2.75) is 25.4 Å². The van der Waals surface area contributed by atoms with Gasteiger partial charge in [0.05, 0.1) is 12.2 Å². The van der Waals surface area contributed by atoms with Gasteiger partial charge in [-0.3, -0.25) is 9.59 Å². The minimum absolute atomic E-state index is 0.0242. The third kappa shape index (κ3) is 3.90. The summed E-state index contributed by atoms with van der Waals surface area (Å²) in [5.74, 6) is 0.411. The fourth-order valence-electron chi connectivity index (χ4n) is 3.52. The first-order chi connectivity index (χ1) is 13.2. The van der Waals surface area contributed by atoms with E-state index in [-0.39, 0.29) is 18.4 Å². The van der Waals surface area contributed by atoms with Crippen LogP contribution in [0.3, 0.4) is 0 Å². The van der Waals surface area contributed by atoms with Gasteiger partial charge in [0.2, 0.25) is 0 Å². The van der Waals surface area contributed by atoms with Crippen LogP contribution < -0.4 is 9.64 Å². The highest BCUT2D eigenvalue weighted by molar-refractivity contribution is 7.08. The quantitative estimate of drug-likeness (QED) is 0.763. The van der Waals surface area contributed by atoms with Gasteiger partial charge in [-0.2, -0.15) is 11.3 Å². The Morgan fingerprint density at radius 3 is 2.70 bits per heavy atom. The molecule has 2 aliphatic heterocycles. The van der Waals surface area contributed by atoms with Crippen LogP contribution in [-0.4, -0.2) is 42.5 Å². The van der Waals surface area contributed by atoms with Crippen molar-refractivity contribution in [2.75, 3.05) is 24.5 Å². The molecule has 0 bridgehead atoms. The predicted octanol–water partition coefficient (Wildman–Crippen LogP) is 3.57. The molecule has 1 saturated heterocycles. The summed E-state index contributed by atoms with van der Waals surface area (Å²) in [5, 5.41) is 3.96. The minimum atomic E-state index is -0.656. The lowest BCUT2D eigenvalue weighted by Gasteiger charge is -2.37. The fourth-order valence-corrected chi connectivity index (χ4v) is 4.15. The van der Waals surface area contributed by atoms with E-state index in [2.05, 4.69) is 0 Å². The summed E-state index contributed by atoms with van der Waals surface area (Å²) in [6.45, 7) is 1.78. The van der Waals surface area contributed by atoms with Crippen molar-refractivity contribution >= 4 is 34.9 Å². The van der Waals surface area contributed by atoms with Crippen molar-refractivity contribution in [3.8, 4) is 5.75 Å². The molecule has 3 heterocycles. The van der Waals surface area contributed by atoms with Gasteiger partial charge in [0.15, 0.2) is 6.10 Å². The second-order valence-corrected chi connectivity index (χ2v) is 7.58. The van der Waals surface area contributed by atoms with Crippen LogP contribution in [0.5, 0.6) is 5.75 Å². The third-order valence-corrected chi connectivity index (χ3v) is 5.65. The molecule has 1 aromatic heterocycles. The lowest BCUT2D eigenvalue weighted by Crippen LogP contribution is -2.52. The highest BCUT2D eigenvalue weighted by Gasteiger charge is 2.35. The van der Waals surface area contributed by atoms with E-state index in [4.69, 9.17) is 4.74 Å². The van der Waals surface area contributed by atoms with Crippen LogP contribution >= 0.6 is 11.3 Å². The van der Waals surface area contributed by atoms with Gasteiger partial charge < -0.3 is 14.5 Å². The van der Waals surface area contributed by atoms with Crippen LogP contribution in [0.2, 0.25) is 0 Å². The number of para-hydroxylation sites is 2. The van der Waals surface area contributed by atoms with Crippen LogP contribution in [0.4, 0.5) is 5.69 Å². The van der Waals surface area contributed by atoms with Crippen LogP contribution in [0.25, 0.3) is 6.08 Å². The van der Waals surface area contributed by atoms with Gasteiger partial charge in [-0.15, -0.1) is 0 Å². The maximum absolute atomic E-state index is 12.9. The smallest absolute Gasteiger partial charge is 0.265 e. The molecule has 2 aliphatic rings. The number of carbonyl (C=O) groups is 2. The van der Waals surface area contributed by atoms with Crippen molar-refractivity contribution in [1.82, 2.24) is 4.90 Å². The Morgan fingerprint density at radius 1 is 1.11 bits per heavy atom. The molecule has 2 aromatic rings. The van der Waals surface area contributed by atoms with E-state index in [1.807, 2.05) is 46.0 Å². The zero-order valence-corrected chi connectivity index (χ0v) is 15.9. The number of ether oxygens (including phenoxy) is 1. The van der Waals surface area contributed by atoms with E-state index >= 15 is 0 Å². The second-order valence-electron chi connectivity index (χ2n) is 6.80. The number of hydrogen-bond acceptors (Lipinski definition) is 4. The Bertz CT molecular complexity index is 841. The van der Waals surface area contributed by atoms with Crippen molar-refractivity contribution in [1.29, 1.82) is 0 Å². The minimum Gasteiger partial charge on any atom is -0.476 e. The van der Waals surface area contributed by atoms with Crippen molar-refractivity contribution in [3.63, 3.8) is 0 Å². The average molecular weight is 382 g/mol. The molecular weight excluding hydrogens is 360 g/mol. The molecule has 1 atom stereocenters. The molecule has 1 aromatic carbocycles. The van der Waals surface area contributed by atoms with Gasteiger partial charge in [0.25, 0.3) is 11.8 Å².